The summed E-state index contributed by atoms with van der Waals surface area (Å²) in [6.07, 6.45) is 1.93. The number of nitrogens with one attached hydrogen (secondary N) is 1. The van der Waals surface area contributed by atoms with Crippen molar-refractivity contribution in [2.75, 3.05) is 32.6 Å². The van der Waals surface area contributed by atoms with Crippen LogP contribution >= 0.6 is 0 Å². The summed E-state index contributed by atoms with van der Waals surface area (Å²) < 4.78 is 10.8. The molecule has 3 rings (SSSR count). The first kappa shape index (κ1) is 19.6. The minimum atomic E-state index is -0.470. The number of rotatable bonds is 7. The van der Waals surface area contributed by atoms with Gasteiger partial charge in [-0.25, -0.2) is 0 Å². The Kier molecular flexibility index (Phi) is 6.10. The summed E-state index contributed by atoms with van der Waals surface area (Å²) in [5, 5.41) is 13.5. The number of likely N-dealkylation sites (tertiary alicyclic amines) is 1. The van der Waals surface area contributed by atoms with Gasteiger partial charge in [0.15, 0.2) is 0 Å². The smallest absolute Gasteiger partial charge is 0.269 e. The van der Waals surface area contributed by atoms with Crippen LogP contribution in [-0.4, -0.2) is 43.0 Å². The SMILES string of the molecule is COc1ccc([C@H]2CCCN2CC(=O)Nc2ccc([N+](=O)[O-])cc2)c(OC)c1. The lowest BCUT2D eigenvalue weighted by atomic mass is 10.0. The van der Waals surface area contributed by atoms with Crippen molar-refractivity contribution in [2.24, 2.45) is 0 Å². The van der Waals surface area contributed by atoms with Crippen LogP contribution in [0.5, 0.6) is 11.5 Å². The van der Waals surface area contributed by atoms with Crippen molar-refractivity contribution in [3.63, 3.8) is 0 Å². The summed E-state index contributed by atoms with van der Waals surface area (Å²) in [7, 11) is 3.23. The number of carbonyl (C=O) groups is 1. The molecule has 28 heavy (non-hydrogen) atoms. The molecule has 0 radical (unpaired) electrons. The molecule has 1 amide bonds. The molecule has 0 bridgehead atoms. The van der Waals surface area contributed by atoms with Crippen molar-refractivity contribution in [1.82, 2.24) is 4.90 Å². The fourth-order valence-corrected chi connectivity index (χ4v) is 3.51. The second kappa shape index (κ2) is 8.71. The number of non-ortho nitro benzene ring substituents is 1. The van der Waals surface area contributed by atoms with Crippen LogP contribution in [-0.2, 0) is 4.79 Å². The molecule has 0 aromatic heterocycles. The number of ether oxygens (including phenoxy) is 2. The number of nitrogens with zero attached hydrogens (tertiary/aromatic N) is 2. The number of hydrogen-bond donors (Lipinski definition) is 1. The zero-order valence-electron chi connectivity index (χ0n) is 15.9. The van der Waals surface area contributed by atoms with Crippen molar-refractivity contribution in [2.45, 2.75) is 18.9 Å². The van der Waals surface area contributed by atoms with Crippen LogP contribution in [0.3, 0.4) is 0 Å². The van der Waals surface area contributed by atoms with Crippen LogP contribution in [0.25, 0.3) is 0 Å². The first-order valence-electron chi connectivity index (χ1n) is 9.02. The average Bonchev–Trinajstić information content (AvgIpc) is 3.15. The van der Waals surface area contributed by atoms with Crippen LogP contribution in [0, 0.1) is 10.1 Å². The van der Waals surface area contributed by atoms with Crippen molar-refractivity contribution >= 4 is 17.3 Å². The highest BCUT2D eigenvalue weighted by Gasteiger charge is 2.29. The quantitative estimate of drug-likeness (QED) is 0.580. The fourth-order valence-electron chi connectivity index (χ4n) is 3.51. The first-order valence-corrected chi connectivity index (χ1v) is 9.02. The van der Waals surface area contributed by atoms with Gasteiger partial charge in [-0.15, -0.1) is 0 Å². The van der Waals surface area contributed by atoms with Crippen LogP contribution < -0.4 is 14.8 Å². The Labute approximate surface area is 163 Å². The number of methoxy groups -OCH3 is 2. The van der Waals surface area contributed by atoms with Crippen molar-refractivity contribution in [3.8, 4) is 11.5 Å². The molecule has 1 atom stereocenters. The summed E-state index contributed by atoms with van der Waals surface area (Å²) in [4.78, 5) is 24.8. The minimum Gasteiger partial charge on any atom is -0.497 e. The molecule has 1 saturated heterocycles. The lowest BCUT2D eigenvalue weighted by Gasteiger charge is -2.25. The van der Waals surface area contributed by atoms with Gasteiger partial charge in [-0.3, -0.25) is 19.8 Å². The predicted molar refractivity (Wildman–Crippen MR) is 105 cm³/mol. The van der Waals surface area contributed by atoms with E-state index in [-0.39, 0.29) is 24.2 Å². The zero-order chi connectivity index (χ0) is 20.1. The Morgan fingerprint density at radius 3 is 2.61 bits per heavy atom. The Morgan fingerprint density at radius 2 is 1.96 bits per heavy atom. The van der Waals surface area contributed by atoms with Crippen LogP contribution in [0.2, 0.25) is 0 Å². The maximum atomic E-state index is 12.5. The van der Waals surface area contributed by atoms with E-state index in [0.29, 0.717) is 5.69 Å². The predicted octanol–water partition coefficient (Wildman–Crippen LogP) is 3.39. The van der Waals surface area contributed by atoms with Crippen molar-refractivity contribution < 1.29 is 19.2 Å². The molecule has 0 unspecified atom stereocenters. The van der Waals surface area contributed by atoms with Gasteiger partial charge in [-0.1, -0.05) is 6.07 Å². The topological polar surface area (TPSA) is 93.9 Å². The largest absolute Gasteiger partial charge is 0.497 e. The Balaban J connectivity index is 1.68. The summed E-state index contributed by atoms with van der Waals surface area (Å²) >= 11 is 0. The van der Waals surface area contributed by atoms with Crippen LogP contribution in [0.15, 0.2) is 42.5 Å². The number of carbonyl (C=O) groups excluding carboxylic acids is 1. The molecular formula is C20H23N3O5. The molecule has 2 aromatic rings. The van der Waals surface area contributed by atoms with Gasteiger partial charge in [-0.2, -0.15) is 0 Å². The Hall–Kier alpha value is -3.13. The van der Waals surface area contributed by atoms with Crippen molar-refractivity contribution in [1.29, 1.82) is 0 Å². The molecule has 1 N–H and O–H groups in total. The zero-order valence-corrected chi connectivity index (χ0v) is 15.9. The van der Waals surface area contributed by atoms with Gasteiger partial charge in [0.25, 0.3) is 5.69 Å². The number of amides is 1. The number of anilines is 1. The lowest BCUT2D eigenvalue weighted by Crippen LogP contribution is -2.33. The summed E-state index contributed by atoms with van der Waals surface area (Å²) in [5.41, 5.74) is 1.56. The van der Waals surface area contributed by atoms with E-state index in [9.17, 15) is 14.9 Å². The monoisotopic (exact) mass is 385 g/mol. The van der Waals surface area contributed by atoms with Gasteiger partial charge in [0.1, 0.15) is 11.5 Å². The van der Waals surface area contributed by atoms with Crippen molar-refractivity contribution in [3.05, 3.63) is 58.1 Å². The Bertz CT molecular complexity index is 853. The van der Waals surface area contributed by atoms with Gasteiger partial charge >= 0.3 is 0 Å². The maximum Gasteiger partial charge on any atom is 0.269 e. The fraction of sp³-hybridized carbons (Fsp3) is 0.350. The van der Waals surface area contributed by atoms with Gasteiger partial charge in [0.05, 0.1) is 25.7 Å². The second-order valence-electron chi connectivity index (χ2n) is 6.59. The van der Waals surface area contributed by atoms with E-state index in [1.807, 2.05) is 18.2 Å². The number of nitro groups is 1. The minimum absolute atomic E-state index is 0.00999. The number of hydrogen-bond acceptors (Lipinski definition) is 6. The third kappa shape index (κ3) is 4.40. The van der Waals surface area contributed by atoms with Gasteiger partial charge in [0, 0.05) is 35.5 Å². The molecule has 8 nitrogen and oxygen atoms in total. The molecule has 8 heteroatoms. The summed E-state index contributed by atoms with van der Waals surface area (Å²) in [6, 6.07) is 11.6. The van der Waals surface area contributed by atoms with E-state index in [4.69, 9.17) is 9.47 Å². The maximum absolute atomic E-state index is 12.5. The molecule has 2 aromatic carbocycles. The molecule has 1 aliphatic rings. The first-order chi connectivity index (χ1) is 13.5. The van der Waals surface area contributed by atoms with E-state index >= 15 is 0 Å². The molecule has 1 fully saturated rings. The molecule has 0 aliphatic carbocycles. The summed E-state index contributed by atoms with van der Waals surface area (Å²) in [6.45, 7) is 1.05. The van der Waals surface area contributed by atoms with Gasteiger partial charge in [0.2, 0.25) is 5.91 Å². The highest BCUT2D eigenvalue weighted by molar-refractivity contribution is 5.92. The third-order valence-electron chi connectivity index (χ3n) is 4.87. The molecule has 0 spiro atoms. The normalized spacial score (nSPS) is 16.6. The van der Waals surface area contributed by atoms with E-state index in [2.05, 4.69) is 10.2 Å². The molecule has 148 valence electrons. The van der Waals surface area contributed by atoms with Gasteiger partial charge < -0.3 is 14.8 Å². The molecule has 1 aliphatic heterocycles. The van der Waals surface area contributed by atoms with E-state index in [0.717, 1.165) is 36.4 Å². The second-order valence-corrected chi connectivity index (χ2v) is 6.59. The van der Waals surface area contributed by atoms with E-state index < -0.39 is 4.92 Å². The lowest BCUT2D eigenvalue weighted by molar-refractivity contribution is -0.384. The Morgan fingerprint density at radius 1 is 1.21 bits per heavy atom. The molecular weight excluding hydrogens is 362 g/mol. The average molecular weight is 385 g/mol. The third-order valence-corrected chi connectivity index (χ3v) is 4.87. The molecule has 1 heterocycles. The van der Waals surface area contributed by atoms with Gasteiger partial charge in [-0.05, 0) is 37.6 Å². The van der Waals surface area contributed by atoms with E-state index in [1.165, 1.54) is 24.3 Å². The molecule has 0 saturated carbocycles. The number of nitro benzene ring substituents is 1. The highest BCUT2D eigenvalue weighted by atomic mass is 16.6. The number of benzene rings is 2. The highest BCUT2D eigenvalue weighted by Crippen LogP contribution is 2.38. The van der Waals surface area contributed by atoms with Crippen LogP contribution in [0.1, 0.15) is 24.4 Å². The standard InChI is InChI=1S/C20H23N3O5/c1-27-16-9-10-17(19(12-16)28-2)18-4-3-11-22(18)13-20(24)21-14-5-7-15(8-6-14)23(25)26/h5-10,12,18H,3-4,11,13H2,1-2H3,(H,21,24)/t18-/m1/s1. The summed E-state index contributed by atoms with van der Waals surface area (Å²) in [5.74, 6) is 1.31. The van der Waals surface area contributed by atoms with E-state index in [1.54, 1.807) is 14.2 Å². The van der Waals surface area contributed by atoms with Crippen LogP contribution in [0.4, 0.5) is 11.4 Å².